The number of carboxylic acid groups (broad SMARTS) is 1. The van der Waals surface area contributed by atoms with Gasteiger partial charge in [0.2, 0.25) is 5.91 Å². The Bertz CT molecular complexity index is 1130. The molecule has 3 aromatic rings. The van der Waals surface area contributed by atoms with Crippen LogP contribution in [-0.4, -0.2) is 41.5 Å². The second-order valence-corrected chi connectivity index (χ2v) is 9.70. The molecule has 1 fully saturated rings. The summed E-state index contributed by atoms with van der Waals surface area (Å²) in [6.45, 7) is 4.60. The lowest BCUT2D eigenvalue weighted by Crippen LogP contribution is -2.45. The lowest BCUT2D eigenvalue weighted by molar-refractivity contribution is -0.138. The lowest BCUT2D eigenvalue weighted by atomic mass is 9.80. The van der Waals surface area contributed by atoms with Gasteiger partial charge in [0.1, 0.15) is 0 Å². The van der Waals surface area contributed by atoms with Crippen LogP contribution in [0.2, 0.25) is 0 Å². The van der Waals surface area contributed by atoms with Gasteiger partial charge in [0.15, 0.2) is 0 Å². The first-order valence-corrected chi connectivity index (χ1v) is 12.8. The third-order valence-corrected chi connectivity index (χ3v) is 7.34. The van der Waals surface area contributed by atoms with E-state index in [1.165, 1.54) is 21.9 Å². The zero-order valence-electron chi connectivity index (χ0n) is 20.5. The number of carbonyl (C=O) groups excluding carboxylic acids is 1. The number of likely N-dealkylation sites (tertiary alicyclic amines) is 1. The highest BCUT2D eigenvalue weighted by Gasteiger charge is 2.32. The summed E-state index contributed by atoms with van der Waals surface area (Å²) in [5.74, 6) is 0.0607. The third kappa shape index (κ3) is 6.49. The fourth-order valence-corrected chi connectivity index (χ4v) is 5.33. The number of hydrogen-bond acceptors (Lipinski definition) is 3. The minimum absolute atomic E-state index is 0.128. The van der Waals surface area contributed by atoms with Crippen LogP contribution in [0.1, 0.15) is 62.1 Å². The number of hydrogen-bond donors (Lipinski definition) is 2. The lowest BCUT2D eigenvalue weighted by Gasteiger charge is -2.39. The summed E-state index contributed by atoms with van der Waals surface area (Å²) in [5.41, 5.74) is 2.59. The molecular weight excluding hydrogens is 436 g/mol. The first kappa shape index (κ1) is 24.9. The molecule has 3 atom stereocenters. The SMILES string of the molecule is C[C@@H](NCC1CCN(C(=O)CCCCC(=O)O)CC1c1ccccc1)c1cccc2ccccc12. The van der Waals surface area contributed by atoms with Crippen molar-refractivity contribution in [3.8, 4) is 0 Å². The molecule has 1 saturated heterocycles. The number of benzene rings is 3. The second kappa shape index (κ2) is 12.0. The topological polar surface area (TPSA) is 69.6 Å². The Balaban J connectivity index is 1.41. The number of nitrogens with one attached hydrogen (secondary N) is 1. The number of nitrogens with zero attached hydrogens (tertiary/aromatic N) is 1. The molecule has 0 saturated carbocycles. The molecule has 1 heterocycles. The van der Waals surface area contributed by atoms with Crippen LogP contribution in [0.4, 0.5) is 0 Å². The van der Waals surface area contributed by atoms with E-state index in [0.717, 1.165) is 26.1 Å². The van der Waals surface area contributed by atoms with Crippen molar-refractivity contribution in [2.24, 2.45) is 5.92 Å². The highest BCUT2D eigenvalue weighted by molar-refractivity contribution is 5.86. The van der Waals surface area contributed by atoms with Crippen LogP contribution in [0.3, 0.4) is 0 Å². The molecule has 4 rings (SSSR count). The number of fused-ring (bicyclic) bond motifs is 1. The minimum Gasteiger partial charge on any atom is -0.481 e. The van der Waals surface area contributed by atoms with Gasteiger partial charge >= 0.3 is 5.97 Å². The van der Waals surface area contributed by atoms with Gasteiger partial charge in [0.25, 0.3) is 0 Å². The third-order valence-electron chi connectivity index (χ3n) is 7.34. The Labute approximate surface area is 208 Å². The number of piperidine rings is 1. The molecule has 0 spiro atoms. The van der Waals surface area contributed by atoms with E-state index in [1.807, 2.05) is 11.0 Å². The molecule has 0 radical (unpaired) electrons. The van der Waals surface area contributed by atoms with Crippen molar-refractivity contribution < 1.29 is 14.7 Å². The Morgan fingerprint density at radius 2 is 1.69 bits per heavy atom. The van der Waals surface area contributed by atoms with Crippen LogP contribution >= 0.6 is 0 Å². The van der Waals surface area contributed by atoms with E-state index in [-0.39, 0.29) is 24.3 Å². The fraction of sp³-hybridized carbons (Fsp3) is 0.400. The van der Waals surface area contributed by atoms with Crippen molar-refractivity contribution in [2.45, 2.75) is 51.0 Å². The first-order chi connectivity index (χ1) is 17.0. The molecule has 1 amide bonds. The predicted molar refractivity (Wildman–Crippen MR) is 140 cm³/mol. The summed E-state index contributed by atoms with van der Waals surface area (Å²) in [6.07, 6.45) is 2.69. The van der Waals surface area contributed by atoms with Crippen molar-refractivity contribution >= 4 is 22.6 Å². The van der Waals surface area contributed by atoms with Gasteiger partial charge in [-0.1, -0.05) is 72.8 Å². The average Bonchev–Trinajstić information content (AvgIpc) is 2.89. The molecule has 0 bridgehead atoms. The summed E-state index contributed by atoms with van der Waals surface area (Å²) in [5, 5.41) is 15.2. The highest BCUT2D eigenvalue weighted by atomic mass is 16.4. The first-order valence-electron chi connectivity index (χ1n) is 12.8. The summed E-state index contributed by atoms with van der Waals surface area (Å²) in [4.78, 5) is 25.6. The molecule has 0 aliphatic carbocycles. The van der Waals surface area contributed by atoms with Crippen molar-refractivity contribution in [1.29, 1.82) is 0 Å². The van der Waals surface area contributed by atoms with Crippen LogP contribution in [-0.2, 0) is 9.59 Å². The number of carbonyl (C=O) groups is 2. The Morgan fingerprint density at radius 1 is 0.971 bits per heavy atom. The molecule has 0 aromatic heterocycles. The summed E-state index contributed by atoms with van der Waals surface area (Å²) < 4.78 is 0. The molecule has 184 valence electrons. The number of rotatable bonds is 10. The van der Waals surface area contributed by atoms with Crippen LogP contribution < -0.4 is 5.32 Å². The fourth-order valence-electron chi connectivity index (χ4n) is 5.33. The number of unbranched alkanes of at least 4 members (excludes halogenated alkanes) is 1. The van der Waals surface area contributed by atoms with Crippen LogP contribution in [0.15, 0.2) is 72.8 Å². The van der Waals surface area contributed by atoms with E-state index in [1.54, 1.807) is 0 Å². The van der Waals surface area contributed by atoms with E-state index in [0.29, 0.717) is 25.2 Å². The van der Waals surface area contributed by atoms with Gasteiger partial charge in [-0.2, -0.15) is 0 Å². The quantitative estimate of drug-likeness (QED) is 0.368. The van der Waals surface area contributed by atoms with Crippen molar-refractivity contribution in [3.05, 3.63) is 83.9 Å². The average molecular weight is 473 g/mol. The summed E-state index contributed by atoms with van der Waals surface area (Å²) in [6, 6.07) is 25.8. The Morgan fingerprint density at radius 3 is 2.49 bits per heavy atom. The van der Waals surface area contributed by atoms with Gasteiger partial charge < -0.3 is 15.3 Å². The zero-order chi connectivity index (χ0) is 24.6. The largest absolute Gasteiger partial charge is 0.481 e. The second-order valence-electron chi connectivity index (χ2n) is 9.70. The predicted octanol–water partition coefficient (Wildman–Crippen LogP) is 5.77. The molecule has 1 aliphatic rings. The van der Waals surface area contributed by atoms with Gasteiger partial charge in [-0.25, -0.2) is 0 Å². The normalized spacial score (nSPS) is 18.9. The summed E-state index contributed by atoms with van der Waals surface area (Å²) >= 11 is 0. The van der Waals surface area contributed by atoms with Gasteiger partial charge in [0, 0.05) is 37.9 Å². The van der Waals surface area contributed by atoms with Crippen molar-refractivity contribution in [3.63, 3.8) is 0 Å². The monoisotopic (exact) mass is 472 g/mol. The van der Waals surface area contributed by atoms with Crippen LogP contribution in [0, 0.1) is 5.92 Å². The molecule has 5 nitrogen and oxygen atoms in total. The maximum atomic E-state index is 12.9. The molecule has 2 unspecified atom stereocenters. The number of amides is 1. The molecule has 2 N–H and O–H groups in total. The van der Waals surface area contributed by atoms with Crippen molar-refractivity contribution in [2.75, 3.05) is 19.6 Å². The number of carboxylic acids is 1. The highest BCUT2D eigenvalue weighted by Crippen LogP contribution is 2.33. The van der Waals surface area contributed by atoms with Crippen molar-refractivity contribution in [1.82, 2.24) is 10.2 Å². The molecule has 1 aliphatic heterocycles. The van der Waals surface area contributed by atoms with E-state index in [9.17, 15) is 9.59 Å². The van der Waals surface area contributed by atoms with E-state index < -0.39 is 5.97 Å². The Hall–Kier alpha value is -3.18. The van der Waals surface area contributed by atoms with Gasteiger partial charge in [-0.05, 0) is 60.5 Å². The van der Waals surface area contributed by atoms with Gasteiger partial charge in [-0.3, -0.25) is 9.59 Å². The smallest absolute Gasteiger partial charge is 0.303 e. The summed E-state index contributed by atoms with van der Waals surface area (Å²) in [7, 11) is 0. The molecule has 5 heteroatoms. The molecule has 3 aromatic carbocycles. The van der Waals surface area contributed by atoms with Gasteiger partial charge in [0.05, 0.1) is 0 Å². The van der Waals surface area contributed by atoms with E-state index in [4.69, 9.17) is 5.11 Å². The maximum absolute atomic E-state index is 12.9. The zero-order valence-corrected chi connectivity index (χ0v) is 20.5. The minimum atomic E-state index is -0.798. The van der Waals surface area contributed by atoms with Gasteiger partial charge in [-0.15, -0.1) is 0 Å². The Kier molecular flexibility index (Phi) is 8.54. The van der Waals surface area contributed by atoms with E-state index >= 15 is 0 Å². The van der Waals surface area contributed by atoms with Crippen LogP contribution in [0.25, 0.3) is 10.8 Å². The molecular formula is C30H36N2O3. The molecule has 35 heavy (non-hydrogen) atoms. The van der Waals surface area contributed by atoms with Crippen LogP contribution in [0.5, 0.6) is 0 Å². The standard InChI is InChI=1S/C30H36N2O3/c1-22(26-15-9-13-23-12-5-6-14-27(23)26)31-20-25-18-19-32(29(33)16-7-8-17-30(34)35)21-28(25)24-10-3-2-4-11-24/h2-6,9-15,22,25,28,31H,7-8,16-21H2,1H3,(H,34,35)/t22-,25?,28?/m1/s1. The maximum Gasteiger partial charge on any atom is 0.303 e. The van der Waals surface area contributed by atoms with E-state index in [2.05, 4.69) is 79.0 Å². The number of aliphatic carboxylic acids is 1.